The van der Waals surface area contributed by atoms with Crippen molar-refractivity contribution in [1.29, 1.82) is 5.41 Å². The first-order valence-corrected chi connectivity index (χ1v) is 9.40. The Morgan fingerprint density at radius 3 is 2.90 bits per heavy atom. The number of aromatic nitrogens is 2. The van der Waals surface area contributed by atoms with Gasteiger partial charge in [-0.15, -0.1) is 6.42 Å². The molecule has 0 aliphatic heterocycles. The Balaban J connectivity index is 1.78. The van der Waals surface area contributed by atoms with Gasteiger partial charge in [-0.2, -0.15) is 0 Å². The Kier molecular flexibility index (Phi) is 6.78. The van der Waals surface area contributed by atoms with E-state index in [0.717, 1.165) is 11.0 Å². The van der Waals surface area contributed by atoms with E-state index in [0.29, 0.717) is 48.2 Å². The molecule has 0 aliphatic rings. The third kappa shape index (κ3) is 4.82. The van der Waals surface area contributed by atoms with Crippen molar-refractivity contribution in [2.75, 3.05) is 46.2 Å². The normalized spacial score (nSPS) is 10.6. The minimum Gasteiger partial charge on any atom is -0.493 e. The highest BCUT2D eigenvalue weighted by atomic mass is 16.5. The van der Waals surface area contributed by atoms with Gasteiger partial charge in [-0.1, -0.05) is 5.92 Å². The van der Waals surface area contributed by atoms with Crippen LogP contribution in [-0.4, -0.2) is 61.7 Å². The lowest BCUT2D eigenvalue weighted by Crippen LogP contribution is -2.24. The molecule has 0 saturated heterocycles. The summed E-state index contributed by atoms with van der Waals surface area (Å²) in [5.74, 6) is 4.12. The van der Waals surface area contributed by atoms with Crippen LogP contribution in [0.2, 0.25) is 0 Å². The van der Waals surface area contributed by atoms with Crippen LogP contribution in [0.25, 0.3) is 11.0 Å². The Morgan fingerprint density at radius 2 is 2.17 bits per heavy atom. The molecule has 0 aliphatic carbocycles. The smallest absolute Gasteiger partial charge is 0.221 e. The summed E-state index contributed by atoms with van der Waals surface area (Å²) in [4.78, 5) is 9.30. The number of hydrogen-bond donors (Lipinski definition) is 3. The standard InChI is InChI=1S/C22H25N5O3/c1-5-8-27(3)9-10-29-20-13-18(24-2)17(12-19(20)28-4)21(23)30-16-11-15-6-7-25-22(15)26-14-16/h1,6-7,11-14,23-24H,8-10H2,2-4H3,(H,25,26). The van der Waals surface area contributed by atoms with Gasteiger partial charge in [-0.05, 0) is 25.2 Å². The number of H-pyrrole nitrogens is 1. The predicted octanol–water partition coefficient (Wildman–Crippen LogP) is 2.96. The number of rotatable bonds is 9. The number of hydrogen-bond acceptors (Lipinski definition) is 7. The molecule has 3 aromatic rings. The summed E-state index contributed by atoms with van der Waals surface area (Å²) in [6, 6.07) is 7.24. The maximum atomic E-state index is 8.45. The summed E-state index contributed by atoms with van der Waals surface area (Å²) in [6.07, 6.45) is 8.70. The van der Waals surface area contributed by atoms with Crippen LogP contribution in [0.4, 0.5) is 5.69 Å². The van der Waals surface area contributed by atoms with E-state index >= 15 is 0 Å². The fourth-order valence-electron chi connectivity index (χ4n) is 2.92. The molecule has 0 fully saturated rings. The third-order valence-corrected chi connectivity index (χ3v) is 4.50. The number of anilines is 1. The Morgan fingerprint density at radius 1 is 1.33 bits per heavy atom. The van der Waals surface area contributed by atoms with E-state index in [1.54, 1.807) is 38.7 Å². The first-order chi connectivity index (χ1) is 14.5. The number of likely N-dealkylation sites (N-methyl/N-ethyl adjacent to an activating group) is 1. The van der Waals surface area contributed by atoms with Crippen molar-refractivity contribution in [2.24, 2.45) is 0 Å². The van der Waals surface area contributed by atoms with Crippen molar-refractivity contribution < 1.29 is 14.2 Å². The number of pyridine rings is 1. The molecule has 0 spiro atoms. The lowest BCUT2D eigenvalue weighted by Gasteiger charge is -2.18. The molecule has 0 amide bonds. The zero-order valence-corrected chi connectivity index (χ0v) is 17.3. The van der Waals surface area contributed by atoms with Crippen molar-refractivity contribution in [3.8, 4) is 29.6 Å². The predicted molar refractivity (Wildman–Crippen MR) is 118 cm³/mol. The molecule has 8 heteroatoms. The van der Waals surface area contributed by atoms with Gasteiger partial charge in [0.1, 0.15) is 18.0 Å². The second-order valence-electron chi connectivity index (χ2n) is 6.61. The van der Waals surface area contributed by atoms with Gasteiger partial charge in [-0.25, -0.2) is 4.98 Å². The van der Waals surface area contributed by atoms with Crippen LogP contribution in [0.1, 0.15) is 5.56 Å². The molecule has 1 aromatic carbocycles. The lowest BCUT2D eigenvalue weighted by atomic mass is 10.1. The highest BCUT2D eigenvalue weighted by Gasteiger charge is 2.17. The van der Waals surface area contributed by atoms with Crippen LogP contribution in [0, 0.1) is 17.8 Å². The van der Waals surface area contributed by atoms with Crippen molar-refractivity contribution in [3.05, 3.63) is 42.2 Å². The van der Waals surface area contributed by atoms with E-state index in [1.807, 2.05) is 24.1 Å². The molecule has 3 rings (SSSR count). The quantitative estimate of drug-likeness (QED) is 0.287. The first kappa shape index (κ1) is 21.0. The Hall–Kier alpha value is -3.70. The largest absolute Gasteiger partial charge is 0.493 e. The van der Waals surface area contributed by atoms with E-state index in [9.17, 15) is 0 Å². The van der Waals surface area contributed by atoms with Gasteiger partial charge in [0, 0.05) is 31.2 Å². The molecule has 0 radical (unpaired) electrons. The molecular formula is C22H25N5O3. The molecule has 3 N–H and O–H groups in total. The average molecular weight is 407 g/mol. The van der Waals surface area contributed by atoms with E-state index in [-0.39, 0.29) is 5.90 Å². The zero-order valence-electron chi connectivity index (χ0n) is 17.3. The fraction of sp³-hybridized carbons (Fsp3) is 0.273. The molecule has 0 bridgehead atoms. The van der Waals surface area contributed by atoms with Gasteiger partial charge in [0.2, 0.25) is 5.90 Å². The summed E-state index contributed by atoms with van der Waals surface area (Å²) in [6.45, 7) is 1.68. The van der Waals surface area contributed by atoms with Gasteiger partial charge in [0.05, 0.1) is 31.1 Å². The molecule has 0 saturated carbocycles. The Bertz CT molecular complexity index is 1070. The second-order valence-corrected chi connectivity index (χ2v) is 6.61. The van der Waals surface area contributed by atoms with Crippen LogP contribution in [-0.2, 0) is 0 Å². The van der Waals surface area contributed by atoms with Crippen molar-refractivity contribution in [2.45, 2.75) is 0 Å². The number of terminal acetylenes is 1. The molecule has 2 aromatic heterocycles. The number of ether oxygens (including phenoxy) is 3. The van der Waals surface area contributed by atoms with Crippen LogP contribution < -0.4 is 19.5 Å². The summed E-state index contributed by atoms with van der Waals surface area (Å²) >= 11 is 0. The number of nitrogens with one attached hydrogen (secondary N) is 3. The average Bonchev–Trinajstić information content (AvgIpc) is 3.21. The van der Waals surface area contributed by atoms with Crippen molar-refractivity contribution in [3.63, 3.8) is 0 Å². The van der Waals surface area contributed by atoms with E-state index in [4.69, 9.17) is 26.0 Å². The molecule has 30 heavy (non-hydrogen) atoms. The number of benzene rings is 1. The van der Waals surface area contributed by atoms with Crippen LogP contribution >= 0.6 is 0 Å². The highest BCUT2D eigenvalue weighted by Crippen LogP contribution is 2.34. The van der Waals surface area contributed by atoms with Crippen molar-refractivity contribution in [1.82, 2.24) is 14.9 Å². The molecule has 156 valence electrons. The molecule has 0 atom stereocenters. The van der Waals surface area contributed by atoms with Gasteiger partial charge >= 0.3 is 0 Å². The van der Waals surface area contributed by atoms with Gasteiger partial charge in [0.25, 0.3) is 0 Å². The van der Waals surface area contributed by atoms with E-state index in [1.165, 1.54) is 0 Å². The molecule has 0 unspecified atom stereocenters. The fourth-order valence-corrected chi connectivity index (χ4v) is 2.92. The van der Waals surface area contributed by atoms with Gasteiger partial charge < -0.3 is 24.5 Å². The number of fused-ring (bicyclic) bond motifs is 1. The number of methoxy groups -OCH3 is 1. The zero-order chi connectivity index (χ0) is 21.5. The molecule has 8 nitrogen and oxygen atoms in total. The van der Waals surface area contributed by atoms with Crippen LogP contribution in [0.15, 0.2) is 36.7 Å². The number of nitrogens with zero attached hydrogens (tertiary/aromatic N) is 2. The van der Waals surface area contributed by atoms with E-state index < -0.39 is 0 Å². The third-order valence-electron chi connectivity index (χ3n) is 4.50. The van der Waals surface area contributed by atoms with E-state index in [2.05, 4.69) is 21.2 Å². The first-order valence-electron chi connectivity index (χ1n) is 9.40. The van der Waals surface area contributed by atoms with Gasteiger partial charge in [-0.3, -0.25) is 10.3 Å². The summed E-state index contributed by atoms with van der Waals surface area (Å²) in [5, 5.41) is 12.4. The SMILES string of the molecule is C#CCN(C)CCOc1cc(NC)c(C(=N)Oc2cnc3[nH]ccc3c2)cc1OC. The highest BCUT2D eigenvalue weighted by molar-refractivity contribution is 6.00. The topological polar surface area (TPSA) is 95.5 Å². The molecule has 2 heterocycles. The minimum absolute atomic E-state index is 0.0327. The second kappa shape index (κ2) is 9.67. The maximum Gasteiger partial charge on any atom is 0.221 e. The Labute approximate surface area is 175 Å². The monoisotopic (exact) mass is 407 g/mol. The summed E-state index contributed by atoms with van der Waals surface area (Å²) < 4.78 is 17.1. The maximum absolute atomic E-state index is 8.45. The minimum atomic E-state index is -0.0327. The van der Waals surface area contributed by atoms with Gasteiger partial charge in [0.15, 0.2) is 11.5 Å². The molecular weight excluding hydrogens is 382 g/mol. The lowest BCUT2D eigenvalue weighted by molar-refractivity contribution is 0.242. The summed E-state index contributed by atoms with van der Waals surface area (Å²) in [5.41, 5.74) is 1.99. The number of aromatic amines is 1. The van der Waals surface area contributed by atoms with Crippen LogP contribution in [0.5, 0.6) is 17.2 Å². The van der Waals surface area contributed by atoms with Crippen molar-refractivity contribution >= 4 is 22.6 Å². The van der Waals surface area contributed by atoms with Crippen LogP contribution in [0.3, 0.4) is 0 Å². The summed E-state index contributed by atoms with van der Waals surface area (Å²) in [7, 11) is 5.27.